The molecule has 1 amide bonds. The molecule has 3 aromatic carbocycles. The number of hydrogen-bond donors (Lipinski definition) is 1. The summed E-state index contributed by atoms with van der Waals surface area (Å²) in [6.45, 7) is 18.3. The van der Waals surface area contributed by atoms with Crippen molar-refractivity contribution in [3.05, 3.63) is 125 Å². The molecule has 0 aromatic heterocycles. The van der Waals surface area contributed by atoms with Crippen molar-refractivity contribution < 1.29 is 33.3 Å². The van der Waals surface area contributed by atoms with Gasteiger partial charge in [0.15, 0.2) is 5.71 Å². The molecule has 0 fully saturated rings. The molecule has 2 heterocycles. The van der Waals surface area contributed by atoms with Crippen molar-refractivity contribution in [2.75, 3.05) is 24.5 Å². The van der Waals surface area contributed by atoms with Crippen LogP contribution in [-0.2, 0) is 10.8 Å². The van der Waals surface area contributed by atoms with E-state index in [0.717, 1.165) is 37.1 Å². The first kappa shape index (κ1) is 34.4. The van der Waals surface area contributed by atoms with Crippen LogP contribution in [0.1, 0.15) is 88.4 Å². The Hall–Kier alpha value is -3.45. The fourth-order valence-corrected chi connectivity index (χ4v) is 6.84. The molecule has 0 bridgehead atoms. The average Bonchev–Trinajstić information content (AvgIpc) is 3.39. The molecule has 0 radical (unpaired) electrons. The van der Waals surface area contributed by atoms with Crippen LogP contribution in [0.2, 0.25) is 0 Å². The number of para-hydroxylation sites is 2. The Morgan fingerprint density at radius 2 is 1.49 bits per heavy atom. The molecule has 0 saturated heterocycles. The van der Waals surface area contributed by atoms with E-state index in [4.69, 9.17) is 0 Å². The first-order valence-corrected chi connectivity index (χ1v) is 16.3. The summed E-state index contributed by atoms with van der Waals surface area (Å²) in [5.74, 6) is -0.0168. The minimum Gasteiger partial charge on any atom is -1.00 e. The number of hydrogen-bond acceptors (Lipinski definition) is 2. The van der Waals surface area contributed by atoms with Gasteiger partial charge in [-0.2, -0.15) is 4.58 Å². The van der Waals surface area contributed by atoms with Crippen molar-refractivity contribution in [3.8, 4) is 0 Å². The van der Waals surface area contributed by atoms with Crippen molar-refractivity contribution in [2.45, 2.75) is 72.1 Å². The minimum atomic E-state index is -0.110. The second kappa shape index (κ2) is 14.3. The van der Waals surface area contributed by atoms with Gasteiger partial charge in [-0.15, -0.1) is 0 Å². The first-order valence-electron chi connectivity index (χ1n) is 16.3. The number of unbranched alkanes of at least 4 members (excludes halogenated alkanes) is 1. The molecular formula is C40H48IN3O. The second-order valence-corrected chi connectivity index (χ2v) is 12.9. The van der Waals surface area contributed by atoms with E-state index in [9.17, 15) is 4.79 Å². The molecule has 5 heteroatoms. The average molecular weight is 714 g/mol. The molecule has 1 N–H and O–H groups in total. The number of nitrogens with one attached hydrogen (secondary N) is 1. The van der Waals surface area contributed by atoms with Crippen molar-refractivity contribution in [3.63, 3.8) is 0 Å². The van der Waals surface area contributed by atoms with Gasteiger partial charge >= 0.3 is 0 Å². The molecule has 45 heavy (non-hydrogen) atoms. The Balaban J connectivity index is 0.00000461. The van der Waals surface area contributed by atoms with Crippen LogP contribution in [0.3, 0.4) is 0 Å². The minimum absolute atomic E-state index is 0. The fraction of sp³-hybridized carbons (Fsp3) is 0.350. The number of likely N-dealkylation sites (N-methyl/N-ethyl adjacent to an activating group) is 1. The molecule has 2 aliphatic rings. The number of carbonyl (C=O) groups is 1. The zero-order valence-electron chi connectivity index (χ0n) is 28.0. The van der Waals surface area contributed by atoms with E-state index in [1.54, 1.807) is 0 Å². The topological polar surface area (TPSA) is 35.4 Å². The van der Waals surface area contributed by atoms with E-state index in [-0.39, 0.29) is 40.7 Å². The predicted molar refractivity (Wildman–Crippen MR) is 186 cm³/mol. The third kappa shape index (κ3) is 6.60. The summed E-state index contributed by atoms with van der Waals surface area (Å²) in [7, 11) is 0. The molecule has 0 atom stereocenters. The van der Waals surface area contributed by atoms with Gasteiger partial charge in [-0.25, -0.2) is 0 Å². The second-order valence-electron chi connectivity index (χ2n) is 12.9. The van der Waals surface area contributed by atoms with Crippen LogP contribution in [0, 0.1) is 0 Å². The highest BCUT2D eigenvalue weighted by Crippen LogP contribution is 2.47. The highest BCUT2D eigenvalue weighted by Gasteiger charge is 2.43. The highest BCUT2D eigenvalue weighted by atomic mass is 127. The fourth-order valence-electron chi connectivity index (χ4n) is 6.84. The van der Waals surface area contributed by atoms with Gasteiger partial charge in [0, 0.05) is 53.2 Å². The van der Waals surface area contributed by atoms with Crippen molar-refractivity contribution >= 4 is 28.6 Å². The van der Waals surface area contributed by atoms with Crippen LogP contribution in [0.5, 0.6) is 0 Å². The lowest BCUT2D eigenvalue weighted by atomic mass is 9.81. The molecule has 2 aliphatic heterocycles. The van der Waals surface area contributed by atoms with Crippen LogP contribution >= 0.6 is 0 Å². The summed E-state index contributed by atoms with van der Waals surface area (Å²) in [5, 5.41) is 3.04. The third-order valence-corrected chi connectivity index (χ3v) is 9.37. The Labute approximate surface area is 287 Å². The largest absolute Gasteiger partial charge is 1.00 e. The smallest absolute Gasteiger partial charge is 0.251 e. The van der Waals surface area contributed by atoms with Crippen molar-refractivity contribution in [2.24, 2.45) is 0 Å². The number of nitrogens with zero attached hydrogens (tertiary/aromatic N) is 2. The number of anilines is 1. The monoisotopic (exact) mass is 713 g/mol. The van der Waals surface area contributed by atoms with Crippen molar-refractivity contribution in [1.82, 2.24) is 5.32 Å². The molecule has 236 valence electrons. The maximum absolute atomic E-state index is 12.7. The number of benzene rings is 3. The van der Waals surface area contributed by atoms with Crippen LogP contribution < -0.4 is 34.2 Å². The zero-order chi connectivity index (χ0) is 31.5. The molecule has 0 spiro atoms. The Morgan fingerprint density at radius 3 is 2.16 bits per heavy atom. The number of halogens is 1. The third-order valence-electron chi connectivity index (χ3n) is 9.37. The van der Waals surface area contributed by atoms with Gasteiger partial charge in [-0.1, -0.05) is 81.8 Å². The number of carbonyl (C=O) groups excluding carboxylic acids is 1. The maximum atomic E-state index is 12.7. The van der Waals surface area contributed by atoms with E-state index >= 15 is 0 Å². The van der Waals surface area contributed by atoms with E-state index in [2.05, 4.69) is 148 Å². The Bertz CT molecular complexity index is 1660. The number of amides is 1. The lowest BCUT2D eigenvalue weighted by molar-refractivity contribution is -0.433. The highest BCUT2D eigenvalue weighted by molar-refractivity contribution is 6.04. The summed E-state index contributed by atoms with van der Waals surface area (Å²) in [6, 6.07) is 25.5. The van der Waals surface area contributed by atoms with Crippen LogP contribution in [0.15, 0.2) is 103 Å². The van der Waals surface area contributed by atoms with Crippen LogP contribution in [0.4, 0.5) is 11.4 Å². The lowest BCUT2D eigenvalue weighted by Gasteiger charge is -2.26. The number of allylic oxidation sites excluding steroid dienone is 6. The molecule has 0 aliphatic carbocycles. The van der Waals surface area contributed by atoms with Gasteiger partial charge in [0.05, 0.1) is 5.41 Å². The van der Waals surface area contributed by atoms with Gasteiger partial charge in [-0.05, 0) is 81.2 Å². The van der Waals surface area contributed by atoms with Gasteiger partial charge in [0.1, 0.15) is 6.54 Å². The van der Waals surface area contributed by atoms with Gasteiger partial charge in [0.2, 0.25) is 5.69 Å². The summed E-state index contributed by atoms with van der Waals surface area (Å²) in [5.41, 5.74) is 10.5. The molecule has 0 saturated carbocycles. The van der Waals surface area contributed by atoms with Crippen LogP contribution in [0.25, 0.3) is 5.57 Å². The summed E-state index contributed by atoms with van der Waals surface area (Å²) in [4.78, 5) is 15.2. The SMILES string of the molecule is CCCCNC(=O)c1ccc(C(C=CC2=[N+](CC)c3ccccc3C2(C)C)=CC=C2N(CC)c3ccccc3C2(C)C)cc1.[I-]. The normalized spacial score (nSPS) is 17.4. The zero-order valence-corrected chi connectivity index (χ0v) is 30.1. The van der Waals surface area contributed by atoms with Gasteiger partial charge in [-0.3, -0.25) is 4.79 Å². The quantitative estimate of drug-likeness (QED) is 0.122. The Morgan fingerprint density at radius 1 is 0.844 bits per heavy atom. The van der Waals surface area contributed by atoms with Crippen molar-refractivity contribution in [1.29, 1.82) is 0 Å². The molecule has 5 rings (SSSR count). The van der Waals surface area contributed by atoms with E-state index < -0.39 is 0 Å². The molecular weight excluding hydrogens is 665 g/mol. The molecule has 4 nitrogen and oxygen atoms in total. The van der Waals surface area contributed by atoms with Crippen LogP contribution in [-0.4, -0.2) is 35.8 Å². The van der Waals surface area contributed by atoms with Gasteiger partial charge in [0.25, 0.3) is 5.91 Å². The van der Waals surface area contributed by atoms with Gasteiger partial charge < -0.3 is 34.2 Å². The Kier molecular flexibility index (Phi) is 11.0. The lowest BCUT2D eigenvalue weighted by Crippen LogP contribution is -3.00. The summed E-state index contributed by atoms with van der Waals surface area (Å²) in [6.07, 6.45) is 11.1. The maximum Gasteiger partial charge on any atom is 0.251 e. The van der Waals surface area contributed by atoms with E-state index in [1.807, 2.05) is 12.1 Å². The summed E-state index contributed by atoms with van der Waals surface area (Å²) < 4.78 is 2.43. The predicted octanol–water partition coefficient (Wildman–Crippen LogP) is 5.96. The molecule has 0 unspecified atom stereocenters. The van der Waals surface area contributed by atoms with E-state index in [1.165, 1.54) is 33.9 Å². The summed E-state index contributed by atoms with van der Waals surface area (Å²) >= 11 is 0. The standard InChI is InChI=1S/C40H47N3O.HI/c1-8-11-28-41-38(44)31-22-20-29(21-23-31)30(24-26-36-39(4,5)32-16-12-14-18-34(32)42(36)9-2)25-27-37-40(6,7)33-17-13-15-19-35(33)43(37)10-3;/h12-27H,8-11,28H2,1-7H3;1H. The van der Waals surface area contributed by atoms with E-state index in [0.29, 0.717) is 12.1 Å². The number of fused-ring (bicyclic) bond motifs is 2. The number of rotatable bonds is 10. The first-order chi connectivity index (χ1) is 21.1. The molecule has 3 aromatic rings.